The summed E-state index contributed by atoms with van der Waals surface area (Å²) in [5.41, 5.74) is 0. The summed E-state index contributed by atoms with van der Waals surface area (Å²) in [7, 11) is -2.43. The highest BCUT2D eigenvalue weighted by atomic mass is 28.4. The summed E-state index contributed by atoms with van der Waals surface area (Å²) in [6, 6.07) is 2.97. The quantitative estimate of drug-likeness (QED) is 0.109. The van der Waals surface area contributed by atoms with Gasteiger partial charge in [-0.2, -0.15) is 0 Å². The van der Waals surface area contributed by atoms with E-state index in [1.165, 1.54) is 141 Å². The normalized spacial score (nSPS) is 12.6. The van der Waals surface area contributed by atoms with Gasteiger partial charge in [0.05, 0.1) is 0 Å². The Bertz CT molecular complexity index is 334. The summed E-state index contributed by atoms with van der Waals surface area (Å²) in [5.74, 6) is 0. The molecule has 188 valence electrons. The minimum Gasteiger partial charge on any atom is -0.359 e. The molecule has 1 N–H and O–H groups in total. The highest BCUT2D eigenvalue weighted by molar-refractivity contribution is 6.91. The molecule has 3 heteroatoms. The fraction of sp³-hybridized carbons (Fsp3) is 1.00. The molecule has 0 bridgehead atoms. The number of hydrogen-bond donors (Lipinski definition) is 1. The Morgan fingerprint density at radius 3 is 0.839 bits per heavy atom. The van der Waals surface area contributed by atoms with E-state index in [2.05, 4.69) is 44.7 Å². The summed E-state index contributed by atoms with van der Waals surface area (Å²) in [4.78, 5) is 0. The second-order valence-corrected chi connectivity index (χ2v) is 21.3. The van der Waals surface area contributed by atoms with Crippen molar-refractivity contribution in [3.8, 4) is 0 Å². The number of hydrogen-bond acceptors (Lipinski definition) is 1. The lowest BCUT2D eigenvalue weighted by Gasteiger charge is -2.35. The third kappa shape index (κ3) is 23.4. The molecule has 0 heterocycles. The van der Waals surface area contributed by atoms with Crippen LogP contribution in [0.4, 0.5) is 0 Å². The Morgan fingerprint density at radius 2 is 0.581 bits per heavy atom. The van der Waals surface area contributed by atoms with Crippen molar-refractivity contribution in [1.29, 1.82) is 0 Å². The highest BCUT2D eigenvalue weighted by Crippen LogP contribution is 2.21. The van der Waals surface area contributed by atoms with Crippen LogP contribution in [-0.4, -0.2) is 16.5 Å². The smallest absolute Gasteiger partial charge is 0.112 e. The summed E-state index contributed by atoms with van der Waals surface area (Å²) in [6.45, 7) is 15.0. The molecular weight excluding hydrogens is 406 g/mol. The molecule has 0 saturated heterocycles. The molecule has 0 spiro atoms. The Kier molecular flexibility index (Phi) is 21.2. The molecular formula is C28H63NSi2. The van der Waals surface area contributed by atoms with Crippen LogP contribution in [0, 0.1) is 0 Å². The predicted octanol–water partition coefficient (Wildman–Crippen LogP) is 10.8. The zero-order valence-corrected chi connectivity index (χ0v) is 25.1. The first-order valence-corrected chi connectivity index (χ1v) is 21.0. The van der Waals surface area contributed by atoms with E-state index in [-0.39, 0.29) is 0 Å². The van der Waals surface area contributed by atoms with Gasteiger partial charge in [-0.25, -0.2) is 0 Å². The van der Waals surface area contributed by atoms with Crippen molar-refractivity contribution in [3.63, 3.8) is 0 Å². The fourth-order valence-electron chi connectivity index (χ4n) is 5.15. The van der Waals surface area contributed by atoms with Gasteiger partial charge < -0.3 is 4.65 Å². The minimum atomic E-state index is -1.21. The predicted molar refractivity (Wildman–Crippen MR) is 151 cm³/mol. The standard InChI is InChI=1S/C28H63NSi2/c1-7-9-11-13-15-17-19-21-23-25-27-30(3,4)29-31(5,6)28-26-24-22-20-18-16-14-12-10-8-2/h29H,7-28H2,1-6H3. The van der Waals surface area contributed by atoms with Crippen LogP contribution in [-0.2, 0) is 0 Å². The Balaban J connectivity index is 3.65. The van der Waals surface area contributed by atoms with E-state index < -0.39 is 16.5 Å². The highest BCUT2D eigenvalue weighted by Gasteiger charge is 2.30. The molecule has 0 amide bonds. The molecule has 0 saturated carbocycles. The first kappa shape index (κ1) is 31.4. The summed E-state index contributed by atoms with van der Waals surface area (Å²) < 4.78 is 4.27. The lowest BCUT2D eigenvalue weighted by Crippen LogP contribution is -2.58. The first-order valence-electron chi connectivity index (χ1n) is 14.6. The lowest BCUT2D eigenvalue weighted by atomic mass is 10.1. The van der Waals surface area contributed by atoms with E-state index in [0.29, 0.717) is 0 Å². The third-order valence-corrected chi connectivity index (χ3v) is 15.6. The Morgan fingerprint density at radius 1 is 0.355 bits per heavy atom. The van der Waals surface area contributed by atoms with Gasteiger partial charge in [0.15, 0.2) is 0 Å². The Hall–Kier alpha value is 0.394. The molecule has 0 aromatic rings. The van der Waals surface area contributed by atoms with E-state index in [1.807, 2.05) is 0 Å². The van der Waals surface area contributed by atoms with Crippen molar-refractivity contribution in [3.05, 3.63) is 0 Å². The van der Waals surface area contributed by atoms with Gasteiger partial charge in [0.1, 0.15) is 16.5 Å². The zero-order chi connectivity index (χ0) is 23.3. The van der Waals surface area contributed by atoms with Crippen LogP contribution >= 0.6 is 0 Å². The molecule has 0 aromatic carbocycles. The van der Waals surface area contributed by atoms with Crippen LogP contribution in [0.3, 0.4) is 0 Å². The van der Waals surface area contributed by atoms with Crippen molar-refractivity contribution in [2.24, 2.45) is 0 Å². The number of nitrogens with one attached hydrogen (secondary N) is 1. The maximum Gasteiger partial charge on any atom is 0.112 e. The van der Waals surface area contributed by atoms with E-state index in [4.69, 9.17) is 0 Å². The molecule has 31 heavy (non-hydrogen) atoms. The van der Waals surface area contributed by atoms with Gasteiger partial charge in [0.2, 0.25) is 0 Å². The first-order chi connectivity index (χ1) is 14.8. The van der Waals surface area contributed by atoms with Gasteiger partial charge in [-0.05, 0) is 12.1 Å². The molecule has 0 atom stereocenters. The summed E-state index contributed by atoms with van der Waals surface area (Å²) in [6.07, 6.45) is 29.1. The van der Waals surface area contributed by atoms with Crippen LogP contribution in [0.5, 0.6) is 0 Å². The van der Waals surface area contributed by atoms with Crippen molar-refractivity contribution >= 4 is 16.5 Å². The maximum absolute atomic E-state index is 4.27. The second-order valence-electron chi connectivity index (χ2n) is 11.8. The molecule has 0 unspecified atom stereocenters. The van der Waals surface area contributed by atoms with Crippen LogP contribution in [0.1, 0.15) is 142 Å². The monoisotopic (exact) mass is 469 g/mol. The third-order valence-electron chi connectivity index (χ3n) is 6.99. The van der Waals surface area contributed by atoms with Gasteiger partial charge >= 0.3 is 0 Å². The average molecular weight is 470 g/mol. The Labute approximate surface area is 201 Å². The maximum atomic E-state index is 4.27. The van der Waals surface area contributed by atoms with Crippen LogP contribution in [0.2, 0.25) is 38.3 Å². The molecule has 0 radical (unpaired) electrons. The van der Waals surface area contributed by atoms with Crippen molar-refractivity contribution < 1.29 is 0 Å². The van der Waals surface area contributed by atoms with Gasteiger partial charge in [0.25, 0.3) is 0 Å². The van der Waals surface area contributed by atoms with E-state index in [0.717, 1.165) is 0 Å². The van der Waals surface area contributed by atoms with Crippen molar-refractivity contribution in [2.45, 2.75) is 181 Å². The molecule has 0 fully saturated rings. The van der Waals surface area contributed by atoms with E-state index in [9.17, 15) is 0 Å². The molecule has 0 aliphatic carbocycles. The van der Waals surface area contributed by atoms with E-state index >= 15 is 0 Å². The zero-order valence-electron chi connectivity index (χ0n) is 23.1. The molecule has 0 aliphatic rings. The largest absolute Gasteiger partial charge is 0.359 e. The van der Waals surface area contributed by atoms with Crippen LogP contribution < -0.4 is 4.65 Å². The van der Waals surface area contributed by atoms with E-state index in [1.54, 1.807) is 0 Å². The topological polar surface area (TPSA) is 12.0 Å². The summed E-state index contributed by atoms with van der Waals surface area (Å²) >= 11 is 0. The van der Waals surface area contributed by atoms with Crippen molar-refractivity contribution in [2.75, 3.05) is 0 Å². The SMILES string of the molecule is CCCCCCCCCCCC[Si](C)(C)N[Si](C)(C)CCCCCCCCCCCC. The van der Waals surface area contributed by atoms with Gasteiger partial charge in [-0.15, -0.1) is 0 Å². The van der Waals surface area contributed by atoms with Crippen LogP contribution in [0.25, 0.3) is 0 Å². The van der Waals surface area contributed by atoms with Gasteiger partial charge in [-0.1, -0.05) is 168 Å². The summed E-state index contributed by atoms with van der Waals surface area (Å²) in [5, 5.41) is 0. The molecule has 0 rings (SSSR count). The van der Waals surface area contributed by atoms with Gasteiger partial charge in [-0.3, -0.25) is 0 Å². The molecule has 0 aliphatic heterocycles. The minimum absolute atomic E-state index is 1.21. The number of rotatable bonds is 24. The lowest BCUT2D eigenvalue weighted by molar-refractivity contribution is 0.561. The molecule has 0 aromatic heterocycles. The van der Waals surface area contributed by atoms with Crippen molar-refractivity contribution in [1.82, 2.24) is 4.65 Å². The fourth-order valence-corrected chi connectivity index (χ4v) is 15.7. The van der Waals surface area contributed by atoms with Crippen LogP contribution in [0.15, 0.2) is 0 Å². The average Bonchev–Trinajstić information content (AvgIpc) is 2.70. The second kappa shape index (κ2) is 21.0. The van der Waals surface area contributed by atoms with Gasteiger partial charge in [0, 0.05) is 0 Å². The molecule has 1 nitrogen and oxygen atoms in total. The number of unbranched alkanes of at least 4 members (excludes halogenated alkanes) is 18.